The van der Waals surface area contributed by atoms with E-state index in [9.17, 15) is 0 Å². The second kappa shape index (κ2) is 4.70. The van der Waals surface area contributed by atoms with Crippen molar-refractivity contribution in [2.75, 3.05) is 0 Å². The van der Waals surface area contributed by atoms with Crippen LogP contribution in [0.1, 0.15) is 16.7 Å². The van der Waals surface area contributed by atoms with Crippen LogP contribution < -0.4 is 0 Å². The topological polar surface area (TPSA) is 12.5 Å². The summed E-state index contributed by atoms with van der Waals surface area (Å²) in [6.07, 6.45) is 0. The molecule has 0 saturated heterocycles. The average molecular weight is 225 g/mol. The maximum absolute atomic E-state index is 5.80. The minimum Gasteiger partial charge on any atom is -0.294 e. The van der Waals surface area contributed by atoms with Gasteiger partial charge in [-0.15, -0.1) is 0 Å². The maximum Gasteiger partial charge on any atom is 0.0936 e. The molecule has 0 saturated carbocycles. The molecule has 0 bridgehead atoms. The van der Waals surface area contributed by atoms with Gasteiger partial charge in [-0.3, -0.25) is 4.84 Å². The molecule has 1 aliphatic rings. The predicted molar refractivity (Wildman–Crippen MR) is 66.9 cm³/mol. The summed E-state index contributed by atoms with van der Waals surface area (Å²) in [5.41, 5.74) is 3.96. The van der Waals surface area contributed by atoms with Gasteiger partial charge < -0.3 is 0 Å². The van der Waals surface area contributed by atoms with E-state index >= 15 is 0 Å². The lowest BCUT2D eigenvalue weighted by Gasteiger charge is -2.14. The molecule has 2 heteroatoms. The van der Waals surface area contributed by atoms with E-state index in [2.05, 4.69) is 36.4 Å². The zero-order valence-corrected chi connectivity index (χ0v) is 9.67. The first-order chi connectivity index (χ1) is 8.42. The monoisotopic (exact) mass is 225 g/mol. The van der Waals surface area contributed by atoms with Crippen LogP contribution in [0.3, 0.4) is 0 Å². The minimum atomic E-state index is 0.648. The van der Waals surface area contributed by atoms with Crippen LogP contribution >= 0.6 is 0 Å². The van der Waals surface area contributed by atoms with Gasteiger partial charge in [0.2, 0.25) is 0 Å². The summed E-state index contributed by atoms with van der Waals surface area (Å²) in [6.45, 7) is 2.43. The van der Waals surface area contributed by atoms with Crippen molar-refractivity contribution in [3.8, 4) is 0 Å². The van der Waals surface area contributed by atoms with Crippen LogP contribution in [0.4, 0.5) is 0 Å². The zero-order chi connectivity index (χ0) is 11.5. The van der Waals surface area contributed by atoms with Crippen LogP contribution in [0.25, 0.3) is 0 Å². The predicted octanol–water partition coefficient (Wildman–Crippen LogP) is 3.13. The Morgan fingerprint density at radius 1 is 0.824 bits per heavy atom. The van der Waals surface area contributed by atoms with Crippen LogP contribution in [0.5, 0.6) is 0 Å². The minimum absolute atomic E-state index is 0.648. The molecule has 3 rings (SSSR count). The molecule has 1 heterocycles. The highest BCUT2D eigenvalue weighted by molar-refractivity contribution is 5.29. The first kappa shape index (κ1) is 10.5. The number of hydrogen-bond donors (Lipinski definition) is 0. The van der Waals surface area contributed by atoms with E-state index in [-0.39, 0.29) is 0 Å². The fourth-order valence-corrected chi connectivity index (χ4v) is 2.13. The fourth-order valence-electron chi connectivity index (χ4n) is 2.13. The number of rotatable bonds is 3. The van der Waals surface area contributed by atoms with Crippen LogP contribution in [0.15, 0.2) is 54.6 Å². The van der Waals surface area contributed by atoms with Crippen molar-refractivity contribution in [3.05, 3.63) is 71.3 Å². The quantitative estimate of drug-likeness (QED) is 0.795. The molecule has 0 spiro atoms. The summed E-state index contributed by atoms with van der Waals surface area (Å²) in [6, 6.07) is 18.8. The van der Waals surface area contributed by atoms with Gasteiger partial charge in [-0.05, 0) is 16.7 Å². The first-order valence-electron chi connectivity index (χ1n) is 5.90. The lowest BCUT2D eigenvalue weighted by molar-refractivity contribution is -0.176. The van der Waals surface area contributed by atoms with Gasteiger partial charge in [0.05, 0.1) is 6.61 Å². The second-order valence-electron chi connectivity index (χ2n) is 4.33. The molecule has 0 radical (unpaired) electrons. The summed E-state index contributed by atoms with van der Waals surface area (Å²) in [7, 11) is 0. The van der Waals surface area contributed by atoms with Gasteiger partial charge in [0, 0.05) is 13.1 Å². The van der Waals surface area contributed by atoms with Gasteiger partial charge in [0.1, 0.15) is 0 Å². The molecular weight excluding hydrogens is 210 g/mol. The van der Waals surface area contributed by atoms with Crippen LogP contribution in [-0.2, 0) is 24.5 Å². The molecular formula is C15H15NO. The van der Waals surface area contributed by atoms with E-state index in [1.54, 1.807) is 0 Å². The first-order valence-corrected chi connectivity index (χ1v) is 5.90. The highest BCUT2D eigenvalue weighted by Gasteiger charge is 2.18. The molecule has 0 amide bonds. The third-order valence-electron chi connectivity index (χ3n) is 3.07. The lowest BCUT2D eigenvalue weighted by atomic mass is 10.1. The van der Waals surface area contributed by atoms with Crippen molar-refractivity contribution in [2.24, 2.45) is 0 Å². The molecule has 0 aromatic heterocycles. The molecule has 0 unspecified atom stereocenters. The lowest BCUT2D eigenvalue weighted by Crippen LogP contribution is -2.16. The van der Waals surface area contributed by atoms with E-state index in [4.69, 9.17) is 4.84 Å². The largest absolute Gasteiger partial charge is 0.294 e. The molecule has 0 N–H and O–H groups in total. The van der Waals surface area contributed by atoms with Gasteiger partial charge >= 0.3 is 0 Å². The molecule has 0 aliphatic carbocycles. The van der Waals surface area contributed by atoms with E-state index in [0.29, 0.717) is 6.61 Å². The van der Waals surface area contributed by atoms with Crippen molar-refractivity contribution in [3.63, 3.8) is 0 Å². The Balaban J connectivity index is 1.59. The molecule has 0 atom stereocenters. The van der Waals surface area contributed by atoms with Gasteiger partial charge in [0.25, 0.3) is 0 Å². The molecule has 0 fully saturated rings. The second-order valence-corrected chi connectivity index (χ2v) is 4.33. The molecule has 86 valence electrons. The Kier molecular flexibility index (Phi) is 2.90. The Bertz CT molecular complexity index is 470. The molecule has 1 aliphatic heterocycles. The third-order valence-corrected chi connectivity index (χ3v) is 3.07. The van der Waals surface area contributed by atoms with Crippen LogP contribution in [0.2, 0.25) is 0 Å². The van der Waals surface area contributed by atoms with Gasteiger partial charge in [-0.2, -0.15) is 5.06 Å². The number of fused-ring (bicyclic) bond motifs is 1. The van der Waals surface area contributed by atoms with Crippen molar-refractivity contribution in [2.45, 2.75) is 19.7 Å². The summed E-state index contributed by atoms with van der Waals surface area (Å²) in [5.74, 6) is 0. The SMILES string of the molecule is c1ccc(CON2Cc3ccccc3C2)cc1. The summed E-state index contributed by atoms with van der Waals surface area (Å²) in [4.78, 5) is 5.80. The Morgan fingerprint density at radius 2 is 1.41 bits per heavy atom. The Morgan fingerprint density at radius 3 is 2.06 bits per heavy atom. The zero-order valence-electron chi connectivity index (χ0n) is 9.67. The average Bonchev–Trinajstić information content (AvgIpc) is 2.80. The summed E-state index contributed by atoms with van der Waals surface area (Å²) in [5, 5.41) is 2.03. The van der Waals surface area contributed by atoms with Crippen molar-refractivity contribution in [1.29, 1.82) is 0 Å². The Hall–Kier alpha value is -1.64. The maximum atomic E-state index is 5.80. The van der Waals surface area contributed by atoms with Crippen LogP contribution in [0, 0.1) is 0 Å². The third kappa shape index (κ3) is 2.38. The summed E-state index contributed by atoms with van der Waals surface area (Å²) >= 11 is 0. The van der Waals surface area contributed by atoms with Crippen molar-refractivity contribution < 1.29 is 4.84 Å². The molecule has 2 aromatic rings. The van der Waals surface area contributed by atoms with E-state index < -0.39 is 0 Å². The standard InChI is InChI=1S/C15H15NO/c1-2-6-13(7-3-1)12-17-16-10-14-8-4-5-9-15(14)11-16/h1-9H,10-12H2. The highest BCUT2D eigenvalue weighted by Crippen LogP contribution is 2.22. The van der Waals surface area contributed by atoms with Gasteiger partial charge in [-0.25, -0.2) is 0 Å². The van der Waals surface area contributed by atoms with E-state index in [0.717, 1.165) is 13.1 Å². The smallest absolute Gasteiger partial charge is 0.0936 e. The van der Waals surface area contributed by atoms with Gasteiger partial charge in [-0.1, -0.05) is 54.6 Å². The fraction of sp³-hybridized carbons (Fsp3) is 0.200. The molecule has 2 aromatic carbocycles. The molecule has 2 nitrogen and oxygen atoms in total. The molecule has 17 heavy (non-hydrogen) atoms. The number of hydroxylamine groups is 2. The normalized spacial score (nSPS) is 14.8. The number of hydrogen-bond acceptors (Lipinski definition) is 2. The van der Waals surface area contributed by atoms with Gasteiger partial charge in [0.15, 0.2) is 0 Å². The van der Waals surface area contributed by atoms with Crippen LogP contribution in [-0.4, -0.2) is 5.06 Å². The number of benzene rings is 2. The van der Waals surface area contributed by atoms with E-state index in [1.165, 1.54) is 16.7 Å². The van der Waals surface area contributed by atoms with Crippen molar-refractivity contribution >= 4 is 0 Å². The number of nitrogens with zero attached hydrogens (tertiary/aromatic N) is 1. The van der Waals surface area contributed by atoms with E-state index in [1.807, 2.05) is 23.3 Å². The Labute approximate surface area is 101 Å². The summed E-state index contributed by atoms with van der Waals surface area (Å²) < 4.78 is 0. The highest BCUT2D eigenvalue weighted by atomic mass is 16.7. The van der Waals surface area contributed by atoms with Crippen molar-refractivity contribution in [1.82, 2.24) is 5.06 Å².